The first kappa shape index (κ1) is 21.3. The van der Waals surface area contributed by atoms with Crippen LogP contribution in [0.1, 0.15) is 56.6 Å². The molecule has 3 aromatic heterocycles. The van der Waals surface area contributed by atoms with Crippen molar-refractivity contribution in [2.24, 2.45) is 0 Å². The number of likely N-dealkylation sites (tertiary alicyclic amines) is 1. The van der Waals surface area contributed by atoms with E-state index < -0.39 is 0 Å². The number of piperidine rings is 1. The molecule has 0 unspecified atom stereocenters. The van der Waals surface area contributed by atoms with Crippen molar-refractivity contribution in [3.05, 3.63) is 60.2 Å². The maximum atomic E-state index is 4.95. The zero-order valence-electron chi connectivity index (χ0n) is 18.6. The maximum Gasteiger partial charge on any atom is 0.223 e. The molecule has 0 bridgehead atoms. The lowest BCUT2D eigenvalue weighted by atomic mass is 9.89. The van der Waals surface area contributed by atoms with Gasteiger partial charge in [-0.15, -0.1) is 0 Å². The molecule has 1 saturated heterocycles. The minimum absolute atomic E-state index is 0.292. The number of nitrogens with one attached hydrogen (secondary N) is 1. The summed E-state index contributed by atoms with van der Waals surface area (Å²) in [6.07, 6.45) is 12.6. The molecule has 1 aliphatic heterocycles. The van der Waals surface area contributed by atoms with Crippen molar-refractivity contribution >= 4 is 5.95 Å². The molecule has 3 aromatic rings. The van der Waals surface area contributed by atoms with Crippen LogP contribution in [0.5, 0.6) is 0 Å². The molecular weight excluding hydrogens is 386 g/mol. The van der Waals surface area contributed by atoms with Crippen molar-refractivity contribution in [2.75, 3.05) is 18.4 Å². The van der Waals surface area contributed by atoms with Crippen LogP contribution in [0.3, 0.4) is 0 Å². The van der Waals surface area contributed by atoms with Crippen LogP contribution in [0.4, 0.5) is 5.95 Å². The van der Waals surface area contributed by atoms with Crippen molar-refractivity contribution in [3.63, 3.8) is 0 Å². The molecule has 4 heterocycles. The zero-order chi connectivity index (χ0) is 21.6. The Hall–Kier alpha value is -2.93. The molecule has 0 atom stereocenters. The number of aromatic nitrogens is 5. The fourth-order valence-corrected chi connectivity index (χ4v) is 4.05. The molecular formula is C24H31N7. The van der Waals surface area contributed by atoms with Crippen LogP contribution >= 0.6 is 0 Å². The van der Waals surface area contributed by atoms with Gasteiger partial charge in [0.1, 0.15) is 5.82 Å². The highest BCUT2D eigenvalue weighted by molar-refractivity contribution is 5.65. The second kappa shape index (κ2) is 9.92. The summed E-state index contributed by atoms with van der Waals surface area (Å²) < 4.78 is 0. The third kappa shape index (κ3) is 5.41. The number of rotatable bonds is 7. The van der Waals surface area contributed by atoms with Crippen molar-refractivity contribution < 1.29 is 0 Å². The van der Waals surface area contributed by atoms with Gasteiger partial charge in [-0.1, -0.05) is 13.0 Å². The Balaban J connectivity index is 1.49. The fourth-order valence-electron chi connectivity index (χ4n) is 4.05. The predicted octanol–water partition coefficient (Wildman–Crippen LogP) is 4.09. The normalized spacial score (nSPS) is 15.4. The van der Waals surface area contributed by atoms with E-state index in [2.05, 4.69) is 57.0 Å². The summed E-state index contributed by atoms with van der Waals surface area (Å²) >= 11 is 0. The molecule has 162 valence electrons. The Labute approximate surface area is 184 Å². The molecule has 4 rings (SSSR count). The summed E-state index contributed by atoms with van der Waals surface area (Å²) in [7, 11) is 0. The fraction of sp³-hybridized carbons (Fsp3) is 0.458. The van der Waals surface area contributed by atoms with Gasteiger partial charge in [0, 0.05) is 72.6 Å². The van der Waals surface area contributed by atoms with Gasteiger partial charge in [-0.05, 0) is 45.8 Å². The lowest BCUT2D eigenvalue weighted by molar-refractivity contribution is 0.203. The van der Waals surface area contributed by atoms with Crippen molar-refractivity contribution in [1.82, 2.24) is 29.8 Å². The topological polar surface area (TPSA) is 79.7 Å². The van der Waals surface area contributed by atoms with Crippen molar-refractivity contribution in [3.8, 4) is 11.1 Å². The predicted molar refractivity (Wildman–Crippen MR) is 123 cm³/mol. The standard InChI is InChI=1S/C24H31N7/c1-4-22-26-12-18(13-27-22)16-31-10-7-19(8-11-31)23-21(20-6-5-9-25-14-20)15-28-24(30-23)29-17(2)3/h5-6,9,12-15,17,19H,4,7-8,10-11,16H2,1-3H3,(H,28,29,30). The van der Waals surface area contributed by atoms with E-state index in [-0.39, 0.29) is 0 Å². The number of nitrogens with zero attached hydrogens (tertiary/aromatic N) is 6. The largest absolute Gasteiger partial charge is 0.352 e. The van der Waals surface area contributed by atoms with E-state index in [4.69, 9.17) is 4.98 Å². The Morgan fingerprint density at radius 2 is 1.84 bits per heavy atom. The van der Waals surface area contributed by atoms with Crippen LogP contribution in [0.2, 0.25) is 0 Å². The first-order valence-corrected chi connectivity index (χ1v) is 11.2. The van der Waals surface area contributed by atoms with Crippen LogP contribution in [-0.4, -0.2) is 49.0 Å². The smallest absolute Gasteiger partial charge is 0.223 e. The van der Waals surface area contributed by atoms with Crippen LogP contribution in [-0.2, 0) is 13.0 Å². The average molecular weight is 418 g/mol. The highest BCUT2D eigenvalue weighted by atomic mass is 15.1. The first-order chi connectivity index (χ1) is 15.1. The second-order valence-electron chi connectivity index (χ2n) is 8.44. The van der Waals surface area contributed by atoms with E-state index in [0.717, 1.165) is 61.5 Å². The molecule has 0 aliphatic carbocycles. The number of hydrogen-bond acceptors (Lipinski definition) is 7. The Kier molecular flexibility index (Phi) is 6.82. The Morgan fingerprint density at radius 3 is 2.48 bits per heavy atom. The van der Waals surface area contributed by atoms with Gasteiger partial charge in [-0.3, -0.25) is 9.88 Å². The van der Waals surface area contributed by atoms with Gasteiger partial charge >= 0.3 is 0 Å². The molecule has 7 nitrogen and oxygen atoms in total. The second-order valence-corrected chi connectivity index (χ2v) is 8.44. The summed E-state index contributed by atoms with van der Waals surface area (Å²) in [5.41, 5.74) is 4.46. The lowest BCUT2D eigenvalue weighted by Gasteiger charge is -2.32. The summed E-state index contributed by atoms with van der Waals surface area (Å²) in [4.78, 5) is 25.2. The zero-order valence-corrected chi connectivity index (χ0v) is 18.6. The Morgan fingerprint density at radius 1 is 1.06 bits per heavy atom. The minimum Gasteiger partial charge on any atom is -0.352 e. The van der Waals surface area contributed by atoms with E-state index in [0.29, 0.717) is 17.9 Å². The molecule has 0 aromatic carbocycles. The summed E-state index contributed by atoms with van der Waals surface area (Å²) in [6, 6.07) is 4.34. The number of hydrogen-bond donors (Lipinski definition) is 1. The quantitative estimate of drug-likeness (QED) is 0.620. The van der Waals surface area contributed by atoms with Crippen LogP contribution in [0, 0.1) is 0 Å². The SMILES string of the molecule is CCc1ncc(CN2CCC(c3nc(NC(C)C)ncc3-c3cccnc3)CC2)cn1. The molecule has 7 heteroatoms. The van der Waals surface area contributed by atoms with E-state index in [1.54, 1.807) is 6.20 Å². The summed E-state index contributed by atoms with van der Waals surface area (Å²) in [5, 5.41) is 3.35. The number of anilines is 1. The highest BCUT2D eigenvalue weighted by Gasteiger charge is 2.25. The monoisotopic (exact) mass is 417 g/mol. The summed E-state index contributed by atoms with van der Waals surface area (Å²) in [6.45, 7) is 9.25. The van der Waals surface area contributed by atoms with Crippen molar-refractivity contribution in [2.45, 2.75) is 58.5 Å². The third-order valence-corrected chi connectivity index (χ3v) is 5.66. The average Bonchev–Trinajstić information content (AvgIpc) is 2.80. The van der Waals surface area contributed by atoms with Gasteiger partial charge in [-0.25, -0.2) is 19.9 Å². The van der Waals surface area contributed by atoms with Crippen molar-refractivity contribution in [1.29, 1.82) is 0 Å². The van der Waals surface area contributed by atoms with Gasteiger partial charge in [-0.2, -0.15) is 0 Å². The van der Waals surface area contributed by atoms with E-state index in [1.807, 2.05) is 30.9 Å². The highest BCUT2D eigenvalue weighted by Crippen LogP contribution is 2.34. The van der Waals surface area contributed by atoms with Gasteiger partial charge in [0.05, 0.1) is 5.69 Å². The lowest BCUT2D eigenvalue weighted by Crippen LogP contribution is -2.33. The molecule has 1 fully saturated rings. The van der Waals surface area contributed by atoms with Gasteiger partial charge in [0.15, 0.2) is 0 Å². The van der Waals surface area contributed by atoms with E-state index >= 15 is 0 Å². The van der Waals surface area contributed by atoms with Gasteiger partial charge in [0.25, 0.3) is 0 Å². The summed E-state index contributed by atoms with van der Waals surface area (Å²) in [5.74, 6) is 2.01. The van der Waals surface area contributed by atoms with Crippen LogP contribution < -0.4 is 5.32 Å². The van der Waals surface area contributed by atoms with Gasteiger partial charge in [0.2, 0.25) is 5.95 Å². The number of pyridine rings is 1. The van der Waals surface area contributed by atoms with E-state index in [9.17, 15) is 0 Å². The molecule has 31 heavy (non-hydrogen) atoms. The molecule has 0 radical (unpaired) electrons. The first-order valence-electron chi connectivity index (χ1n) is 11.2. The van der Waals surface area contributed by atoms with Crippen LogP contribution in [0.25, 0.3) is 11.1 Å². The molecule has 1 aliphatic rings. The van der Waals surface area contributed by atoms with Gasteiger partial charge < -0.3 is 5.32 Å². The molecule has 0 amide bonds. The molecule has 0 spiro atoms. The molecule has 0 saturated carbocycles. The minimum atomic E-state index is 0.292. The molecule has 1 N–H and O–H groups in total. The maximum absolute atomic E-state index is 4.95. The van der Waals surface area contributed by atoms with Crippen LogP contribution in [0.15, 0.2) is 43.1 Å². The number of aryl methyl sites for hydroxylation is 1. The van der Waals surface area contributed by atoms with E-state index in [1.165, 1.54) is 5.56 Å². The third-order valence-electron chi connectivity index (χ3n) is 5.66. The Bertz CT molecular complexity index is 965.